The third-order valence-electron chi connectivity index (χ3n) is 2.51. The van der Waals surface area contributed by atoms with Crippen molar-refractivity contribution in [1.29, 1.82) is 0 Å². The highest BCUT2D eigenvalue weighted by atomic mass is 32.2. The number of carbonyl (C=O) groups is 1. The topological polar surface area (TPSA) is 26.3 Å². The standard InChI is InChI=1S/C14H24F4O2S/c1-5-7-10(11(19)20-13(2,3)4)21-9-6-8-14(17,18)12(15)16/h10,12H,5-9H2,1-4H3. The van der Waals surface area contributed by atoms with E-state index >= 15 is 0 Å². The number of thioether (sulfide) groups is 1. The molecule has 1 atom stereocenters. The van der Waals surface area contributed by atoms with Crippen molar-refractivity contribution in [2.75, 3.05) is 5.75 Å². The highest BCUT2D eigenvalue weighted by Crippen LogP contribution is 2.30. The number of halogens is 4. The van der Waals surface area contributed by atoms with Gasteiger partial charge in [0.15, 0.2) is 0 Å². The van der Waals surface area contributed by atoms with Crippen molar-refractivity contribution in [2.45, 2.75) is 76.6 Å². The van der Waals surface area contributed by atoms with Gasteiger partial charge in [0.05, 0.1) is 0 Å². The van der Waals surface area contributed by atoms with Gasteiger partial charge < -0.3 is 4.74 Å². The molecule has 0 aromatic carbocycles. The van der Waals surface area contributed by atoms with E-state index in [-0.39, 0.29) is 18.1 Å². The monoisotopic (exact) mass is 332 g/mol. The normalized spacial score (nSPS) is 14.3. The number of esters is 1. The molecule has 126 valence electrons. The van der Waals surface area contributed by atoms with Crippen LogP contribution in [0.2, 0.25) is 0 Å². The third kappa shape index (κ3) is 9.22. The van der Waals surface area contributed by atoms with Gasteiger partial charge in [0.25, 0.3) is 0 Å². The molecule has 0 spiro atoms. The predicted molar refractivity (Wildman–Crippen MR) is 77.2 cm³/mol. The third-order valence-corrected chi connectivity index (χ3v) is 3.87. The van der Waals surface area contributed by atoms with Crippen LogP contribution in [0.4, 0.5) is 17.6 Å². The molecule has 0 rings (SSSR count). The molecule has 0 amide bonds. The van der Waals surface area contributed by atoms with Gasteiger partial charge in [0, 0.05) is 6.42 Å². The van der Waals surface area contributed by atoms with Crippen LogP contribution in [-0.4, -0.2) is 34.9 Å². The van der Waals surface area contributed by atoms with Gasteiger partial charge in [-0.2, -0.15) is 0 Å². The molecule has 0 aliphatic rings. The Bertz CT molecular complexity index is 317. The van der Waals surface area contributed by atoms with Crippen molar-refractivity contribution >= 4 is 17.7 Å². The molecule has 7 heteroatoms. The van der Waals surface area contributed by atoms with E-state index < -0.39 is 29.6 Å². The van der Waals surface area contributed by atoms with E-state index in [0.717, 1.165) is 6.42 Å². The first-order chi connectivity index (χ1) is 9.49. The van der Waals surface area contributed by atoms with Crippen molar-refractivity contribution < 1.29 is 27.1 Å². The summed E-state index contributed by atoms with van der Waals surface area (Å²) in [5, 5.41) is -0.436. The summed E-state index contributed by atoms with van der Waals surface area (Å²) in [6, 6.07) is 0. The Labute approximate surface area is 128 Å². The van der Waals surface area contributed by atoms with E-state index in [1.807, 2.05) is 6.92 Å². The van der Waals surface area contributed by atoms with Crippen LogP contribution < -0.4 is 0 Å². The summed E-state index contributed by atoms with van der Waals surface area (Å²) in [6.45, 7) is 7.16. The maximum Gasteiger partial charge on any atom is 0.319 e. The lowest BCUT2D eigenvalue weighted by atomic mass is 10.2. The molecule has 0 aromatic heterocycles. The molecule has 0 radical (unpaired) electrons. The Morgan fingerprint density at radius 2 is 1.81 bits per heavy atom. The number of hydrogen-bond donors (Lipinski definition) is 0. The van der Waals surface area contributed by atoms with E-state index in [1.165, 1.54) is 11.8 Å². The Kier molecular flexibility index (Phi) is 8.66. The largest absolute Gasteiger partial charge is 0.459 e. The second kappa shape index (κ2) is 8.86. The minimum Gasteiger partial charge on any atom is -0.459 e. The summed E-state index contributed by atoms with van der Waals surface area (Å²) in [4.78, 5) is 11.9. The van der Waals surface area contributed by atoms with Crippen LogP contribution in [0.1, 0.15) is 53.4 Å². The Balaban J connectivity index is 4.25. The van der Waals surface area contributed by atoms with Crippen LogP contribution in [0, 0.1) is 0 Å². The average Bonchev–Trinajstić information content (AvgIpc) is 2.30. The molecule has 0 fully saturated rings. The second-order valence-corrected chi connectivity index (χ2v) is 7.16. The van der Waals surface area contributed by atoms with Crippen LogP contribution in [0.25, 0.3) is 0 Å². The first-order valence-electron chi connectivity index (χ1n) is 7.00. The number of ether oxygens (including phenoxy) is 1. The van der Waals surface area contributed by atoms with Crippen molar-refractivity contribution in [2.24, 2.45) is 0 Å². The van der Waals surface area contributed by atoms with Gasteiger partial charge in [-0.1, -0.05) is 13.3 Å². The Hall–Kier alpha value is -0.460. The number of rotatable bonds is 9. The molecule has 0 aliphatic heterocycles. The van der Waals surface area contributed by atoms with Crippen molar-refractivity contribution in [1.82, 2.24) is 0 Å². The lowest BCUT2D eigenvalue weighted by Gasteiger charge is -2.23. The van der Waals surface area contributed by atoms with Crippen LogP contribution in [0.3, 0.4) is 0 Å². The predicted octanol–water partition coefficient (Wildman–Crippen LogP) is 4.91. The van der Waals surface area contributed by atoms with Crippen LogP contribution >= 0.6 is 11.8 Å². The molecule has 0 aromatic rings. The number of hydrogen-bond acceptors (Lipinski definition) is 3. The van der Waals surface area contributed by atoms with Gasteiger partial charge in [-0.25, -0.2) is 17.6 Å². The zero-order valence-electron chi connectivity index (χ0n) is 12.9. The summed E-state index contributed by atoms with van der Waals surface area (Å²) in [5.74, 6) is -4.10. The summed E-state index contributed by atoms with van der Waals surface area (Å²) in [7, 11) is 0. The quantitative estimate of drug-likeness (QED) is 0.341. The zero-order valence-corrected chi connectivity index (χ0v) is 13.7. The molecule has 0 aliphatic carbocycles. The number of carbonyl (C=O) groups excluding carboxylic acids is 1. The molecular formula is C14H24F4O2S. The van der Waals surface area contributed by atoms with Gasteiger partial charge >= 0.3 is 18.3 Å². The molecule has 21 heavy (non-hydrogen) atoms. The first kappa shape index (κ1) is 20.5. The second-order valence-electron chi connectivity index (χ2n) is 5.85. The smallest absolute Gasteiger partial charge is 0.319 e. The Morgan fingerprint density at radius 3 is 2.24 bits per heavy atom. The van der Waals surface area contributed by atoms with Crippen molar-refractivity contribution in [3.63, 3.8) is 0 Å². The fourth-order valence-corrected chi connectivity index (χ4v) is 2.72. The highest BCUT2D eigenvalue weighted by Gasteiger charge is 2.39. The van der Waals surface area contributed by atoms with E-state index in [0.29, 0.717) is 6.42 Å². The summed E-state index contributed by atoms with van der Waals surface area (Å²) >= 11 is 1.19. The van der Waals surface area contributed by atoms with E-state index in [2.05, 4.69) is 0 Å². The van der Waals surface area contributed by atoms with E-state index in [1.54, 1.807) is 20.8 Å². The number of alkyl halides is 4. The summed E-state index contributed by atoms with van der Waals surface area (Å²) < 4.78 is 54.8. The zero-order chi connectivity index (χ0) is 16.7. The summed E-state index contributed by atoms with van der Waals surface area (Å²) in [6.07, 6.45) is -3.25. The molecule has 0 N–H and O–H groups in total. The highest BCUT2D eigenvalue weighted by molar-refractivity contribution is 8.00. The summed E-state index contributed by atoms with van der Waals surface area (Å²) in [5.41, 5.74) is -0.605. The van der Waals surface area contributed by atoms with E-state index in [4.69, 9.17) is 4.74 Å². The molecule has 2 nitrogen and oxygen atoms in total. The van der Waals surface area contributed by atoms with Crippen molar-refractivity contribution in [3.05, 3.63) is 0 Å². The minimum atomic E-state index is -3.95. The lowest BCUT2D eigenvalue weighted by Crippen LogP contribution is -2.30. The lowest BCUT2D eigenvalue weighted by molar-refractivity contribution is -0.154. The minimum absolute atomic E-state index is 0.0645. The molecular weight excluding hydrogens is 308 g/mol. The Morgan fingerprint density at radius 1 is 1.24 bits per heavy atom. The van der Waals surface area contributed by atoms with Gasteiger partial charge in [-0.3, -0.25) is 4.79 Å². The van der Waals surface area contributed by atoms with Crippen LogP contribution in [0.15, 0.2) is 0 Å². The molecule has 1 unspecified atom stereocenters. The van der Waals surface area contributed by atoms with Gasteiger partial charge in [-0.05, 0) is 39.4 Å². The van der Waals surface area contributed by atoms with Crippen molar-refractivity contribution in [3.8, 4) is 0 Å². The van der Waals surface area contributed by atoms with Crippen LogP contribution in [0.5, 0.6) is 0 Å². The van der Waals surface area contributed by atoms with Gasteiger partial charge in [-0.15, -0.1) is 11.8 Å². The first-order valence-corrected chi connectivity index (χ1v) is 8.05. The van der Waals surface area contributed by atoms with Gasteiger partial charge in [0.1, 0.15) is 10.9 Å². The molecule has 0 heterocycles. The average molecular weight is 332 g/mol. The SMILES string of the molecule is CCCC(SCCCC(F)(F)C(F)F)C(=O)OC(C)(C)C. The van der Waals surface area contributed by atoms with Crippen LogP contribution in [-0.2, 0) is 9.53 Å². The molecule has 0 saturated carbocycles. The van der Waals surface area contributed by atoms with Gasteiger partial charge in [0.2, 0.25) is 0 Å². The fraction of sp³-hybridized carbons (Fsp3) is 0.929. The fourth-order valence-electron chi connectivity index (χ4n) is 1.54. The maximum atomic E-state index is 12.7. The van der Waals surface area contributed by atoms with E-state index in [9.17, 15) is 22.4 Å². The maximum absolute atomic E-state index is 12.7. The molecule has 0 bridgehead atoms. The molecule has 0 saturated heterocycles.